The third-order valence-electron chi connectivity index (χ3n) is 3.02. The summed E-state index contributed by atoms with van der Waals surface area (Å²) < 4.78 is 7.21. The minimum absolute atomic E-state index is 0.186. The number of hydrogen-bond acceptors (Lipinski definition) is 4. The average Bonchev–Trinajstić information content (AvgIpc) is 2.68. The van der Waals surface area contributed by atoms with Gasteiger partial charge in [0.25, 0.3) is 0 Å². The summed E-state index contributed by atoms with van der Waals surface area (Å²) in [4.78, 5) is 11.1. The van der Waals surface area contributed by atoms with E-state index >= 15 is 0 Å². The van der Waals surface area contributed by atoms with Crippen molar-refractivity contribution in [3.63, 3.8) is 0 Å². The number of aromatic nitrogens is 3. The Balaban J connectivity index is 1.69. The molecule has 1 aliphatic carbocycles. The maximum Gasteiger partial charge on any atom is 0.343 e. The molecule has 0 aromatic carbocycles. The van der Waals surface area contributed by atoms with Gasteiger partial charge in [-0.1, -0.05) is 0 Å². The molecule has 1 aliphatic rings. The van der Waals surface area contributed by atoms with Crippen LogP contribution < -0.4 is 11.4 Å². The van der Waals surface area contributed by atoms with E-state index in [0.29, 0.717) is 25.3 Å². The van der Waals surface area contributed by atoms with Gasteiger partial charge < -0.3 is 10.5 Å². The van der Waals surface area contributed by atoms with Crippen molar-refractivity contribution in [2.24, 2.45) is 5.73 Å². The highest BCUT2D eigenvalue weighted by molar-refractivity contribution is 4.74. The van der Waals surface area contributed by atoms with E-state index in [-0.39, 0.29) is 5.69 Å². The Hall–Kier alpha value is -1.14. The van der Waals surface area contributed by atoms with Crippen LogP contribution in [0.2, 0.25) is 0 Å². The summed E-state index contributed by atoms with van der Waals surface area (Å²) in [6, 6.07) is 0.344. The molecule has 0 amide bonds. The van der Waals surface area contributed by atoms with Crippen molar-refractivity contribution < 1.29 is 4.74 Å². The van der Waals surface area contributed by atoms with Crippen LogP contribution in [0, 0.1) is 0 Å². The van der Waals surface area contributed by atoms with E-state index in [1.54, 1.807) is 0 Å². The van der Waals surface area contributed by atoms with Crippen molar-refractivity contribution in [3.05, 3.63) is 16.8 Å². The molecule has 1 saturated carbocycles. The van der Waals surface area contributed by atoms with Crippen molar-refractivity contribution in [1.29, 1.82) is 0 Å². The van der Waals surface area contributed by atoms with E-state index in [1.807, 2.05) is 0 Å². The van der Waals surface area contributed by atoms with Crippen LogP contribution in [0.25, 0.3) is 0 Å². The first-order valence-corrected chi connectivity index (χ1v) is 5.72. The quantitative estimate of drug-likeness (QED) is 0.748. The van der Waals surface area contributed by atoms with Gasteiger partial charge in [-0.3, -0.25) is 4.57 Å². The summed E-state index contributed by atoms with van der Waals surface area (Å²) in [5, 5.41) is 6.00. The number of rotatable bonds is 4. The van der Waals surface area contributed by atoms with Gasteiger partial charge in [0, 0.05) is 6.04 Å². The lowest BCUT2D eigenvalue weighted by atomic mass is 9.94. The summed E-state index contributed by atoms with van der Waals surface area (Å²) >= 11 is 0. The van der Waals surface area contributed by atoms with Crippen molar-refractivity contribution in [2.45, 2.75) is 44.4 Å². The summed E-state index contributed by atoms with van der Waals surface area (Å²) in [6.45, 7) is 1.11. The van der Waals surface area contributed by atoms with E-state index in [9.17, 15) is 4.79 Å². The van der Waals surface area contributed by atoms with E-state index in [2.05, 4.69) is 10.2 Å². The number of H-pyrrole nitrogens is 1. The largest absolute Gasteiger partial charge is 0.376 e. The van der Waals surface area contributed by atoms with Crippen LogP contribution in [-0.4, -0.2) is 33.5 Å². The van der Waals surface area contributed by atoms with Crippen LogP contribution in [-0.2, 0) is 11.3 Å². The third kappa shape index (κ3) is 2.93. The number of nitrogens with zero attached hydrogens (tertiary/aromatic N) is 2. The molecule has 90 valence electrons. The molecule has 1 aromatic rings. The average molecular weight is 226 g/mol. The van der Waals surface area contributed by atoms with Gasteiger partial charge in [-0.05, 0) is 25.7 Å². The molecule has 6 heteroatoms. The molecule has 0 spiro atoms. The molecule has 0 atom stereocenters. The van der Waals surface area contributed by atoms with Crippen molar-refractivity contribution in [3.8, 4) is 0 Å². The van der Waals surface area contributed by atoms with E-state index < -0.39 is 0 Å². The predicted octanol–water partition coefficient (Wildman–Crippen LogP) is -0.142. The molecule has 0 aliphatic heterocycles. The number of ether oxygens (including phenoxy) is 1. The van der Waals surface area contributed by atoms with Gasteiger partial charge in [-0.2, -0.15) is 5.10 Å². The monoisotopic (exact) mass is 226 g/mol. The summed E-state index contributed by atoms with van der Waals surface area (Å²) in [7, 11) is 0. The zero-order valence-electron chi connectivity index (χ0n) is 9.26. The van der Waals surface area contributed by atoms with Gasteiger partial charge in [0.1, 0.15) is 6.33 Å². The molecule has 0 radical (unpaired) electrons. The second kappa shape index (κ2) is 5.27. The Morgan fingerprint density at radius 1 is 1.50 bits per heavy atom. The number of nitrogens with one attached hydrogen (secondary N) is 1. The summed E-state index contributed by atoms with van der Waals surface area (Å²) in [6.07, 6.45) is 5.93. The van der Waals surface area contributed by atoms with E-state index in [4.69, 9.17) is 10.5 Å². The zero-order valence-corrected chi connectivity index (χ0v) is 9.26. The Morgan fingerprint density at radius 2 is 2.25 bits per heavy atom. The van der Waals surface area contributed by atoms with Crippen LogP contribution in [0.5, 0.6) is 0 Å². The third-order valence-corrected chi connectivity index (χ3v) is 3.02. The van der Waals surface area contributed by atoms with Crippen LogP contribution in [0.1, 0.15) is 25.7 Å². The van der Waals surface area contributed by atoms with Crippen molar-refractivity contribution in [1.82, 2.24) is 14.8 Å². The Labute approximate surface area is 93.8 Å². The van der Waals surface area contributed by atoms with Crippen LogP contribution in [0.4, 0.5) is 0 Å². The van der Waals surface area contributed by atoms with E-state index in [0.717, 1.165) is 25.7 Å². The van der Waals surface area contributed by atoms with Crippen LogP contribution >= 0.6 is 0 Å². The number of nitrogens with two attached hydrogens (primary N) is 1. The van der Waals surface area contributed by atoms with Gasteiger partial charge >= 0.3 is 5.69 Å². The molecule has 0 saturated heterocycles. The highest BCUT2D eigenvalue weighted by Gasteiger charge is 2.18. The van der Waals surface area contributed by atoms with Gasteiger partial charge in [0.15, 0.2) is 0 Å². The lowest BCUT2D eigenvalue weighted by Crippen LogP contribution is -2.31. The lowest BCUT2D eigenvalue weighted by molar-refractivity contribution is 0.0206. The molecular weight excluding hydrogens is 208 g/mol. The van der Waals surface area contributed by atoms with Crippen LogP contribution in [0.15, 0.2) is 11.1 Å². The normalized spacial score (nSPS) is 25.8. The Bertz CT molecular complexity index is 365. The first-order valence-electron chi connectivity index (χ1n) is 5.72. The van der Waals surface area contributed by atoms with Gasteiger partial charge in [-0.15, -0.1) is 0 Å². The smallest absolute Gasteiger partial charge is 0.343 e. The minimum Gasteiger partial charge on any atom is -0.376 e. The Morgan fingerprint density at radius 3 is 2.88 bits per heavy atom. The molecule has 2 rings (SSSR count). The van der Waals surface area contributed by atoms with Gasteiger partial charge in [-0.25, -0.2) is 9.89 Å². The first-order chi connectivity index (χ1) is 7.75. The first kappa shape index (κ1) is 11.3. The van der Waals surface area contributed by atoms with Crippen LogP contribution in [0.3, 0.4) is 0 Å². The summed E-state index contributed by atoms with van der Waals surface area (Å²) in [5.74, 6) is 0. The second-order valence-corrected chi connectivity index (χ2v) is 4.26. The fourth-order valence-corrected chi connectivity index (χ4v) is 2.00. The summed E-state index contributed by atoms with van der Waals surface area (Å²) in [5.41, 5.74) is 5.62. The number of hydrogen-bond donors (Lipinski definition) is 2. The molecule has 0 bridgehead atoms. The second-order valence-electron chi connectivity index (χ2n) is 4.26. The molecule has 1 heterocycles. The predicted molar refractivity (Wildman–Crippen MR) is 59.0 cm³/mol. The topological polar surface area (TPSA) is 85.9 Å². The zero-order chi connectivity index (χ0) is 11.4. The number of aromatic amines is 1. The van der Waals surface area contributed by atoms with Gasteiger partial charge in [0.05, 0.1) is 19.3 Å². The molecule has 3 N–H and O–H groups in total. The minimum atomic E-state index is -0.186. The standard InChI is InChI=1S/C10H18N4O2/c11-8-1-3-9(4-2-8)16-6-5-14-7-12-13-10(14)15/h7-9H,1-6,11H2,(H,13,15). The highest BCUT2D eigenvalue weighted by atomic mass is 16.5. The van der Waals surface area contributed by atoms with Crippen molar-refractivity contribution >= 4 is 0 Å². The maximum absolute atomic E-state index is 11.1. The molecule has 0 unspecified atom stereocenters. The Kier molecular flexibility index (Phi) is 3.74. The SMILES string of the molecule is NC1CCC(OCCn2cn[nH]c2=O)CC1. The molecule has 16 heavy (non-hydrogen) atoms. The molecular formula is C10H18N4O2. The molecule has 1 aromatic heterocycles. The fraction of sp³-hybridized carbons (Fsp3) is 0.800. The highest BCUT2D eigenvalue weighted by Crippen LogP contribution is 2.19. The maximum atomic E-state index is 11.1. The van der Waals surface area contributed by atoms with E-state index in [1.165, 1.54) is 10.9 Å². The molecule has 1 fully saturated rings. The van der Waals surface area contributed by atoms with Crippen molar-refractivity contribution in [2.75, 3.05) is 6.61 Å². The van der Waals surface area contributed by atoms with Gasteiger partial charge in [0.2, 0.25) is 0 Å². The molecule has 6 nitrogen and oxygen atoms in total. The lowest BCUT2D eigenvalue weighted by Gasteiger charge is -2.26. The fourth-order valence-electron chi connectivity index (χ4n) is 2.00.